The van der Waals surface area contributed by atoms with Crippen molar-refractivity contribution in [1.82, 2.24) is 10.2 Å². The Morgan fingerprint density at radius 2 is 2.13 bits per heavy atom. The van der Waals surface area contributed by atoms with Crippen molar-refractivity contribution < 1.29 is 19.4 Å². The number of carbonyl (C=O) groups is 1. The zero-order valence-corrected chi connectivity index (χ0v) is 8.85. The molecule has 1 aliphatic heterocycles. The molecule has 88 valence electrons. The number of halogens is 1. The van der Waals surface area contributed by atoms with E-state index in [2.05, 4.69) is 5.32 Å². The number of carbonyl (C=O) groups excluding carboxylic acids is 1. The van der Waals surface area contributed by atoms with Crippen LogP contribution in [0.3, 0.4) is 0 Å². The number of nitrogens with zero attached hydrogens (tertiary/aromatic N) is 1. The number of piperidine rings is 1. The van der Waals surface area contributed by atoms with E-state index in [0.717, 1.165) is 0 Å². The minimum Gasteiger partial charge on any atom is -0.389 e. The molecule has 1 fully saturated rings. The lowest BCUT2D eigenvalue weighted by atomic mass is 9.93. The SMILES string of the molecule is CC(=O)N[C@H]1CN(C)[C@H](CF)[C@@H](O)[C@@H]1O. The summed E-state index contributed by atoms with van der Waals surface area (Å²) in [5.74, 6) is -0.279. The van der Waals surface area contributed by atoms with Gasteiger partial charge in [-0.1, -0.05) is 0 Å². The molecule has 6 heteroatoms. The van der Waals surface area contributed by atoms with Gasteiger partial charge in [-0.15, -0.1) is 0 Å². The average Bonchev–Trinajstić information content (AvgIpc) is 2.14. The first-order valence-corrected chi connectivity index (χ1v) is 4.86. The van der Waals surface area contributed by atoms with Crippen LogP contribution in [0.4, 0.5) is 4.39 Å². The van der Waals surface area contributed by atoms with Gasteiger partial charge in [0, 0.05) is 13.5 Å². The lowest BCUT2D eigenvalue weighted by Gasteiger charge is -2.42. The van der Waals surface area contributed by atoms with E-state index in [1.54, 1.807) is 11.9 Å². The number of likely N-dealkylation sites (tertiary alicyclic amines) is 1. The summed E-state index contributed by atoms with van der Waals surface area (Å²) in [6.07, 6.45) is -2.29. The van der Waals surface area contributed by atoms with Crippen LogP contribution in [0.1, 0.15) is 6.92 Å². The fraction of sp³-hybridized carbons (Fsp3) is 0.889. The van der Waals surface area contributed by atoms with Gasteiger partial charge in [-0.2, -0.15) is 0 Å². The largest absolute Gasteiger partial charge is 0.389 e. The van der Waals surface area contributed by atoms with Crippen molar-refractivity contribution in [3.05, 3.63) is 0 Å². The Bertz CT molecular complexity index is 239. The third kappa shape index (κ3) is 2.64. The van der Waals surface area contributed by atoms with Crippen molar-refractivity contribution >= 4 is 5.91 Å². The van der Waals surface area contributed by atoms with E-state index in [-0.39, 0.29) is 5.91 Å². The number of aliphatic hydroxyl groups is 2. The highest BCUT2D eigenvalue weighted by atomic mass is 19.1. The van der Waals surface area contributed by atoms with Crippen LogP contribution >= 0.6 is 0 Å². The standard InChI is InChI=1S/C9H17FN2O3/c1-5(13)11-6-4-12(2)7(3-10)9(15)8(6)14/h6-9,14-15H,3-4H2,1-2H3,(H,11,13)/t6-,7+,8+,9+/m0/s1. The number of amides is 1. The molecular formula is C9H17FN2O3. The van der Waals surface area contributed by atoms with Gasteiger partial charge in [-0.05, 0) is 7.05 Å². The van der Waals surface area contributed by atoms with E-state index in [0.29, 0.717) is 6.54 Å². The number of rotatable bonds is 2. The van der Waals surface area contributed by atoms with Crippen LogP contribution in [-0.2, 0) is 4.79 Å². The fourth-order valence-corrected chi connectivity index (χ4v) is 1.88. The van der Waals surface area contributed by atoms with E-state index in [9.17, 15) is 19.4 Å². The molecule has 0 bridgehead atoms. The van der Waals surface area contributed by atoms with Gasteiger partial charge in [0.1, 0.15) is 12.8 Å². The predicted molar refractivity (Wildman–Crippen MR) is 52.0 cm³/mol. The number of nitrogens with one attached hydrogen (secondary N) is 1. The van der Waals surface area contributed by atoms with E-state index in [4.69, 9.17) is 0 Å². The van der Waals surface area contributed by atoms with E-state index < -0.39 is 31.0 Å². The topological polar surface area (TPSA) is 72.8 Å². The van der Waals surface area contributed by atoms with Crippen molar-refractivity contribution in [3.63, 3.8) is 0 Å². The average molecular weight is 220 g/mol. The van der Waals surface area contributed by atoms with Gasteiger partial charge in [0.25, 0.3) is 0 Å². The Morgan fingerprint density at radius 1 is 1.53 bits per heavy atom. The van der Waals surface area contributed by atoms with Gasteiger partial charge < -0.3 is 15.5 Å². The second kappa shape index (κ2) is 4.87. The van der Waals surface area contributed by atoms with Gasteiger partial charge in [0.2, 0.25) is 5.91 Å². The third-order valence-corrected chi connectivity index (χ3v) is 2.75. The first-order chi connectivity index (χ1) is 6.97. The molecule has 0 saturated carbocycles. The summed E-state index contributed by atoms with van der Waals surface area (Å²) in [4.78, 5) is 12.4. The van der Waals surface area contributed by atoms with E-state index in [1.807, 2.05) is 0 Å². The van der Waals surface area contributed by atoms with E-state index >= 15 is 0 Å². The summed E-state index contributed by atoms with van der Waals surface area (Å²) in [6, 6.07) is -1.25. The van der Waals surface area contributed by atoms with Crippen molar-refractivity contribution in [3.8, 4) is 0 Å². The quantitative estimate of drug-likeness (QED) is 0.529. The molecule has 0 spiro atoms. The molecule has 0 aliphatic carbocycles. The van der Waals surface area contributed by atoms with Gasteiger partial charge in [-0.3, -0.25) is 9.69 Å². The fourth-order valence-electron chi connectivity index (χ4n) is 1.88. The molecular weight excluding hydrogens is 203 g/mol. The van der Waals surface area contributed by atoms with Gasteiger partial charge in [0.05, 0.1) is 18.2 Å². The molecule has 0 radical (unpaired) electrons. The van der Waals surface area contributed by atoms with E-state index in [1.165, 1.54) is 6.92 Å². The molecule has 1 saturated heterocycles. The Morgan fingerprint density at radius 3 is 2.60 bits per heavy atom. The highest BCUT2D eigenvalue weighted by molar-refractivity contribution is 5.73. The summed E-state index contributed by atoms with van der Waals surface area (Å²) < 4.78 is 12.5. The number of alkyl halides is 1. The summed E-state index contributed by atoms with van der Waals surface area (Å²) in [5, 5.41) is 21.8. The maximum atomic E-state index is 12.5. The van der Waals surface area contributed by atoms with Crippen LogP contribution in [0, 0.1) is 0 Å². The molecule has 1 rings (SSSR count). The monoisotopic (exact) mass is 220 g/mol. The first kappa shape index (κ1) is 12.4. The van der Waals surface area contributed by atoms with Crippen LogP contribution in [0.2, 0.25) is 0 Å². The molecule has 0 aromatic rings. The summed E-state index contributed by atoms with van der Waals surface area (Å²) >= 11 is 0. The summed E-state index contributed by atoms with van der Waals surface area (Å²) in [6.45, 7) is 0.939. The molecule has 15 heavy (non-hydrogen) atoms. The minimum atomic E-state index is -1.18. The maximum Gasteiger partial charge on any atom is 0.217 e. The molecule has 1 heterocycles. The maximum absolute atomic E-state index is 12.5. The smallest absolute Gasteiger partial charge is 0.217 e. The number of aliphatic hydroxyl groups excluding tert-OH is 2. The highest BCUT2D eigenvalue weighted by Gasteiger charge is 2.40. The number of likely N-dealkylation sites (N-methyl/N-ethyl adjacent to an activating group) is 1. The van der Waals surface area contributed by atoms with Crippen molar-refractivity contribution in [2.24, 2.45) is 0 Å². The molecule has 3 N–H and O–H groups in total. The van der Waals surface area contributed by atoms with Crippen molar-refractivity contribution in [2.75, 3.05) is 20.3 Å². The second-order valence-electron chi connectivity index (χ2n) is 3.95. The zero-order chi connectivity index (χ0) is 11.6. The molecule has 4 atom stereocenters. The zero-order valence-electron chi connectivity index (χ0n) is 8.85. The molecule has 0 aromatic carbocycles. The van der Waals surface area contributed by atoms with Crippen LogP contribution in [0.5, 0.6) is 0 Å². The molecule has 1 aliphatic rings. The first-order valence-electron chi connectivity index (χ1n) is 4.86. The normalized spacial score (nSPS) is 37.7. The Kier molecular flexibility index (Phi) is 4.01. The Balaban J connectivity index is 2.68. The number of hydrogen-bond acceptors (Lipinski definition) is 4. The molecule has 1 amide bonds. The summed E-state index contributed by atoms with van der Waals surface area (Å²) in [5.41, 5.74) is 0. The summed E-state index contributed by atoms with van der Waals surface area (Å²) in [7, 11) is 1.65. The van der Waals surface area contributed by atoms with Crippen molar-refractivity contribution in [2.45, 2.75) is 31.2 Å². The lowest BCUT2D eigenvalue weighted by molar-refractivity contribution is -0.126. The van der Waals surface area contributed by atoms with Crippen LogP contribution in [0.25, 0.3) is 0 Å². The van der Waals surface area contributed by atoms with Crippen LogP contribution in [0.15, 0.2) is 0 Å². The Hall–Kier alpha value is -0.720. The minimum absolute atomic E-state index is 0.279. The third-order valence-electron chi connectivity index (χ3n) is 2.75. The van der Waals surface area contributed by atoms with Gasteiger partial charge in [-0.25, -0.2) is 4.39 Å². The highest BCUT2D eigenvalue weighted by Crippen LogP contribution is 2.17. The van der Waals surface area contributed by atoms with Crippen molar-refractivity contribution in [1.29, 1.82) is 0 Å². The van der Waals surface area contributed by atoms with Gasteiger partial charge >= 0.3 is 0 Å². The molecule has 0 aromatic heterocycles. The lowest BCUT2D eigenvalue weighted by Crippen LogP contribution is -2.65. The number of hydrogen-bond donors (Lipinski definition) is 3. The van der Waals surface area contributed by atoms with Crippen LogP contribution < -0.4 is 5.32 Å². The predicted octanol–water partition coefficient (Wildman–Crippen LogP) is -1.50. The molecule has 0 unspecified atom stereocenters. The second-order valence-corrected chi connectivity index (χ2v) is 3.95. The molecule has 5 nitrogen and oxygen atoms in total. The Labute approximate surface area is 87.9 Å². The van der Waals surface area contributed by atoms with Crippen LogP contribution in [-0.4, -0.2) is 65.6 Å². The van der Waals surface area contributed by atoms with Gasteiger partial charge in [0.15, 0.2) is 0 Å².